The highest BCUT2D eigenvalue weighted by atomic mass is 19.4. The monoisotopic (exact) mass is 344 g/mol. The van der Waals surface area contributed by atoms with Crippen LogP contribution in [0.4, 0.5) is 13.2 Å². The van der Waals surface area contributed by atoms with Crippen LogP contribution >= 0.6 is 0 Å². The average molecular weight is 344 g/mol. The zero-order valence-electron chi connectivity index (χ0n) is 14.2. The summed E-state index contributed by atoms with van der Waals surface area (Å²) in [6.07, 6.45) is -1.75. The quantitative estimate of drug-likeness (QED) is 0.674. The summed E-state index contributed by atoms with van der Waals surface area (Å²) in [5.74, 6) is 0.778. The summed E-state index contributed by atoms with van der Waals surface area (Å²) in [5.41, 5.74) is 1.12. The third kappa shape index (κ3) is 5.58. The van der Waals surface area contributed by atoms with E-state index in [9.17, 15) is 13.2 Å². The van der Waals surface area contributed by atoms with Crippen molar-refractivity contribution in [3.63, 3.8) is 0 Å². The lowest BCUT2D eigenvalue weighted by molar-refractivity contribution is -0.154. The van der Waals surface area contributed by atoms with Gasteiger partial charge in [-0.2, -0.15) is 13.2 Å². The average Bonchev–Trinajstić information content (AvgIpc) is 2.86. The molecule has 0 unspecified atom stereocenters. The first kappa shape index (κ1) is 18.4. The van der Waals surface area contributed by atoms with Crippen molar-refractivity contribution in [2.75, 3.05) is 26.7 Å². The van der Waals surface area contributed by atoms with Crippen LogP contribution in [0.1, 0.15) is 25.8 Å². The molecule has 0 bridgehead atoms. The Bertz CT molecular complexity index is 570. The van der Waals surface area contributed by atoms with Gasteiger partial charge in [0.05, 0.1) is 0 Å². The molecule has 24 heavy (non-hydrogen) atoms. The third-order valence-corrected chi connectivity index (χ3v) is 3.82. The standard InChI is InChI=1S/C16H23F3N4O/c1-15(2)6-7-23(10-15)14(20-3)22-9-12-4-5-13(21-8-12)24-11-16(17,18)19/h4-5,8H,6-7,9-11H2,1-3H3,(H,20,22). The van der Waals surface area contributed by atoms with Crippen molar-refractivity contribution in [1.82, 2.24) is 15.2 Å². The molecular weight excluding hydrogens is 321 g/mol. The Morgan fingerprint density at radius 3 is 2.67 bits per heavy atom. The second kappa shape index (κ2) is 7.27. The van der Waals surface area contributed by atoms with Gasteiger partial charge in [0, 0.05) is 38.9 Å². The second-order valence-electron chi connectivity index (χ2n) is 6.65. The fourth-order valence-electron chi connectivity index (χ4n) is 2.56. The van der Waals surface area contributed by atoms with E-state index in [1.807, 2.05) is 0 Å². The highest BCUT2D eigenvalue weighted by Gasteiger charge is 2.31. The summed E-state index contributed by atoms with van der Waals surface area (Å²) in [6, 6.07) is 3.12. The molecule has 1 aliphatic rings. The number of hydrogen-bond acceptors (Lipinski definition) is 3. The van der Waals surface area contributed by atoms with E-state index >= 15 is 0 Å². The maximum atomic E-state index is 12.1. The fourth-order valence-corrected chi connectivity index (χ4v) is 2.56. The smallest absolute Gasteiger partial charge is 0.422 e. The number of nitrogens with one attached hydrogen (secondary N) is 1. The van der Waals surface area contributed by atoms with Crippen molar-refractivity contribution in [2.45, 2.75) is 33.0 Å². The van der Waals surface area contributed by atoms with Gasteiger partial charge in [-0.1, -0.05) is 19.9 Å². The summed E-state index contributed by atoms with van der Waals surface area (Å²) in [5, 5.41) is 3.26. The van der Waals surface area contributed by atoms with Gasteiger partial charge in [0.2, 0.25) is 5.88 Å². The number of rotatable bonds is 4. The summed E-state index contributed by atoms with van der Waals surface area (Å²) in [7, 11) is 1.74. The number of aliphatic imine (C=N–C) groups is 1. The molecule has 0 aliphatic carbocycles. The van der Waals surface area contributed by atoms with Crippen LogP contribution in [-0.4, -0.2) is 48.8 Å². The number of pyridine rings is 1. The topological polar surface area (TPSA) is 49.8 Å². The molecule has 0 aromatic carbocycles. The van der Waals surface area contributed by atoms with Gasteiger partial charge < -0.3 is 15.0 Å². The highest BCUT2D eigenvalue weighted by Crippen LogP contribution is 2.28. The number of aromatic nitrogens is 1. The van der Waals surface area contributed by atoms with Crippen molar-refractivity contribution in [1.29, 1.82) is 0 Å². The van der Waals surface area contributed by atoms with Crippen LogP contribution in [0.15, 0.2) is 23.3 Å². The molecule has 2 rings (SSSR count). The van der Waals surface area contributed by atoms with E-state index in [1.54, 1.807) is 13.1 Å². The normalized spacial score (nSPS) is 17.9. The van der Waals surface area contributed by atoms with E-state index < -0.39 is 12.8 Å². The Labute approximate surface area is 139 Å². The number of alkyl halides is 3. The number of nitrogens with zero attached hydrogens (tertiary/aromatic N) is 3. The maximum Gasteiger partial charge on any atom is 0.422 e. The van der Waals surface area contributed by atoms with Crippen LogP contribution in [0.5, 0.6) is 5.88 Å². The SMILES string of the molecule is CN=C(NCc1ccc(OCC(F)(F)F)nc1)N1CCC(C)(C)C1. The van der Waals surface area contributed by atoms with Gasteiger partial charge in [0.15, 0.2) is 12.6 Å². The van der Waals surface area contributed by atoms with Gasteiger partial charge in [-0.25, -0.2) is 4.98 Å². The van der Waals surface area contributed by atoms with Crippen LogP contribution in [-0.2, 0) is 6.54 Å². The molecule has 1 aromatic heterocycles. The van der Waals surface area contributed by atoms with Gasteiger partial charge in [-0.05, 0) is 17.4 Å². The van der Waals surface area contributed by atoms with E-state index in [0.717, 1.165) is 31.0 Å². The van der Waals surface area contributed by atoms with Crippen LogP contribution < -0.4 is 10.1 Å². The molecule has 0 radical (unpaired) electrons. The number of ether oxygens (including phenoxy) is 1. The first-order chi connectivity index (χ1) is 11.2. The van der Waals surface area contributed by atoms with Gasteiger partial charge in [0.25, 0.3) is 0 Å². The van der Waals surface area contributed by atoms with Gasteiger partial charge >= 0.3 is 6.18 Å². The molecular formula is C16H23F3N4O. The summed E-state index contributed by atoms with van der Waals surface area (Å²) in [4.78, 5) is 10.4. The Hall–Kier alpha value is -1.99. The zero-order chi connectivity index (χ0) is 17.8. The third-order valence-electron chi connectivity index (χ3n) is 3.82. The minimum absolute atomic E-state index is 0.0400. The van der Waals surface area contributed by atoms with Crippen LogP contribution in [0.3, 0.4) is 0 Å². The lowest BCUT2D eigenvalue weighted by Crippen LogP contribution is -2.40. The number of likely N-dealkylation sites (tertiary alicyclic amines) is 1. The van der Waals surface area contributed by atoms with Crippen LogP contribution in [0.25, 0.3) is 0 Å². The minimum Gasteiger partial charge on any atom is -0.468 e. The fraction of sp³-hybridized carbons (Fsp3) is 0.625. The van der Waals surface area contributed by atoms with Crippen molar-refractivity contribution < 1.29 is 17.9 Å². The molecule has 8 heteroatoms. The van der Waals surface area contributed by atoms with Crippen molar-refractivity contribution in [2.24, 2.45) is 10.4 Å². The molecule has 2 heterocycles. The first-order valence-corrected chi connectivity index (χ1v) is 7.79. The molecule has 134 valence electrons. The van der Waals surface area contributed by atoms with Crippen LogP contribution in [0, 0.1) is 5.41 Å². The van der Waals surface area contributed by atoms with Gasteiger partial charge in [-0.3, -0.25) is 4.99 Å². The predicted octanol–water partition coefficient (Wildman–Crippen LogP) is 2.83. The molecule has 0 atom stereocenters. The number of guanidine groups is 1. The second-order valence-corrected chi connectivity index (χ2v) is 6.65. The van der Waals surface area contributed by atoms with Crippen molar-refractivity contribution >= 4 is 5.96 Å². The molecule has 1 aromatic rings. The van der Waals surface area contributed by atoms with Gasteiger partial charge in [0.1, 0.15) is 0 Å². The first-order valence-electron chi connectivity index (χ1n) is 7.79. The lowest BCUT2D eigenvalue weighted by atomic mass is 9.93. The molecule has 1 fully saturated rings. The van der Waals surface area contributed by atoms with Crippen molar-refractivity contribution in [3.05, 3.63) is 23.9 Å². The minimum atomic E-state index is -4.36. The molecule has 1 aliphatic heterocycles. The largest absolute Gasteiger partial charge is 0.468 e. The summed E-state index contributed by atoms with van der Waals surface area (Å²) in [6.45, 7) is 5.50. The number of halogens is 3. The molecule has 1 N–H and O–H groups in total. The summed E-state index contributed by atoms with van der Waals surface area (Å²) >= 11 is 0. The lowest BCUT2D eigenvalue weighted by Gasteiger charge is -2.23. The summed E-state index contributed by atoms with van der Waals surface area (Å²) < 4.78 is 40.9. The van der Waals surface area contributed by atoms with Gasteiger partial charge in [-0.15, -0.1) is 0 Å². The molecule has 0 spiro atoms. The Kier molecular flexibility index (Phi) is 5.56. The Morgan fingerprint density at radius 2 is 2.17 bits per heavy atom. The molecule has 5 nitrogen and oxygen atoms in total. The highest BCUT2D eigenvalue weighted by molar-refractivity contribution is 5.80. The molecule has 1 saturated heterocycles. The van der Waals surface area contributed by atoms with E-state index in [-0.39, 0.29) is 11.3 Å². The van der Waals surface area contributed by atoms with E-state index in [4.69, 9.17) is 0 Å². The van der Waals surface area contributed by atoms with E-state index in [0.29, 0.717) is 6.54 Å². The Morgan fingerprint density at radius 1 is 1.42 bits per heavy atom. The number of hydrogen-bond donors (Lipinski definition) is 1. The molecule has 0 saturated carbocycles. The van der Waals surface area contributed by atoms with E-state index in [1.165, 1.54) is 12.3 Å². The molecule has 0 amide bonds. The van der Waals surface area contributed by atoms with Crippen LogP contribution in [0.2, 0.25) is 0 Å². The Balaban J connectivity index is 1.85. The van der Waals surface area contributed by atoms with E-state index in [2.05, 4.69) is 38.8 Å². The maximum absolute atomic E-state index is 12.1. The van der Waals surface area contributed by atoms with Crippen molar-refractivity contribution in [3.8, 4) is 5.88 Å². The zero-order valence-corrected chi connectivity index (χ0v) is 14.2. The predicted molar refractivity (Wildman–Crippen MR) is 86.0 cm³/mol.